The smallest absolute Gasteiger partial charge is 0.170 e. The topological polar surface area (TPSA) is 40.5 Å². The van der Waals surface area contributed by atoms with Crippen LogP contribution in [0.3, 0.4) is 0 Å². The fourth-order valence-corrected chi connectivity index (χ4v) is 1.19. The molecule has 0 aliphatic carbocycles. The predicted molar refractivity (Wildman–Crippen MR) is 48.0 cm³/mol. The van der Waals surface area contributed by atoms with Crippen LogP contribution in [0.2, 0.25) is 0 Å². The van der Waals surface area contributed by atoms with Gasteiger partial charge in [0.25, 0.3) is 0 Å². The standard InChI is InChI=1S/C10H13FO2/c1-6-4-7(10(2,3)13)9(11)8(12)5-6/h4-5,12-13H,1-3H3. The average molecular weight is 184 g/mol. The van der Waals surface area contributed by atoms with Crippen LogP contribution in [0.15, 0.2) is 12.1 Å². The van der Waals surface area contributed by atoms with Crippen molar-refractivity contribution in [3.05, 3.63) is 29.1 Å². The molecule has 2 nitrogen and oxygen atoms in total. The lowest BCUT2D eigenvalue weighted by atomic mass is 9.96. The second kappa shape index (κ2) is 3.00. The Labute approximate surface area is 76.6 Å². The molecule has 0 aliphatic rings. The van der Waals surface area contributed by atoms with Crippen molar-refractivity contribution in [3.63, 3.8) is 0 Å². The predicted octanol–water partition coefficient (Wildman–Crippen LogP) is 2.07. The lowest BCUT2D eigenvalue weighted by Crippen LogP contribution is -2.17. The molecule has 1 aromatic carbocycles. The molecule has 0 amide bonds. The molecule has 0 aromatic heterocycles. The minimum atomic E-state index is -1.27. The second-order valence-electron chi connectivity index (χ2n) is 3.70. The Morgan fingerprint density at radius 2 is 1.85 bits per heavy atom. The SMILES string of the molecule is Cc1cc(O)c(F)c(C(C)(C)O)c1. The minimum Gasteiger partial charge on any atom is -0.505 e. The van der Waals surface area contributed by atoms with Crippen LogP contribution in [-0.4, -0.2) is 10.2 Å². The van der Waals surface area contributed by atoms with Crippen LogP contribution >= 0.6 is 0 Å². The van der Waals surface area contributed by atoms with Crippen LogP contribution in [0.25, 0.3) is 0 Å². The molecule has 1 aromatic rings. The van der Waals surface area contributed by atoms with E-state index in [4.69, 9.17) is 5.11 Å². The highest BCUT2D eigenvalue weighted by atomic mass is 19.1. The van der Waals surface area contributed by atoms with Gasteiger partial charge in [-0.1, -0.05) is 6.07 Å². The first-order valence-corrected chi connectivity index (χ1v) is 4.04. The summed E-state index contributed by atoms with van der Waals surface area (Å²) in [6.45, 7) is 4.68. The third-order valence-electron chi connectivity index (χ3n) is 1.86. The number of aryl methyl sites for hydroxylation is 1. The van der Waals surface area contributed by atoms with Gasteiger partial charge in [-0.2, -0.15) is 0 Å². The van der Waals surface area contributed by atoms with Crippen LogP contribution < -0.4 is 0 Å². The maximum Gasteiger partial charge on any atom is 0.170 e. The third-order valence-corrected chi connectivity index (χ3v) is 1.86. The number of phenolic OH excluding ortho intramolecular Hbond substituents is 1. The highest BCUT2D eigenvalue weighted by Gasteiger charge is 2.22. The van der Waals surface area contributed by atoms with Gasteiger partial charge in [-0.3, -0.25) is 0 Å². The number of phenols is 1. The quantitative estimate of drug-likeness (QED) is 0.701. The average Bonchev–Trinajstić information content (AvgIpc) is 1.94. The van der Waals surface area contributed by atoms with E-state index in [9.17, 15) is 9.50 Å². The van der Waals surface area contributed by atoms with E-state index < -0.39 is 17.2 Å². The Morgan fingerprint density at radius 3 is 2.31 bits per heavy atom. The summed E-state index contributed by atoms with van der Waals surface area (Å²) in [6, 6.07) is 2.85. The zero-order valence-corrected chi connectivity index (χ0v) is 7.93. The first-order chi connectivity index (χ1) is 5.82. The van der Waals surface area contributed by atoms with Gasteiger partial charge < -0.3 is 10.2 Å². The summed E-state index contributed by atoms with van der Waals surface area (Å²) < 4.78 is 13.3. The van der Waals surface area contributed by atoms with Crippen LogP contribution in [0.1, 0.15) is 25.0 Å². The van der Waals surface area contributed by atoms with E-state index in [0.29, 0.717) is 0 Å². The van der Waals surface area contributed by atoms with Crippen LogP contribution in [-0.2, 0) is 5.60 Å². The van der Waals surface area contributed by atoms with E-state index in [0.717, 1.165) is 5.56 Å². The number of aliphatic hydroxyl groups is 1. The lowest BCUT2D eigenvalue weighted by molar-refractivity contribution is 0.0738. The molecule has 0 saturated heterocycles. The number of halogens is 1. The summed E-state index contributed by atoms with van der Waals surface area (Å²) >= 11 is 0. The molecule has 0 fully saturated rings. The van der Waals surface area contributed by atoms with Crippen molar-refractivity contribution in [2.75, 3.05) is 0 Å². The van der Waals surface area contributed by atoms with E-state index in [2.05, 4.69) is 0 Å². The largest absolute Gasteiger partial charge is 0.505 e. The van der Waals surface area contributed by atoms with Crippen molar-refractivity contribution in [2.45, 2.75) is 26.4 Å². The number of hydrogen-bond donors (Lipinski definition) is 2. The van der Waals surface area contributed by atoms with Crippen LogP contribution in [0.5, 0.6) is 5.75 Å². The fraction of sp³-hybridized carbons (Fsp3) is 0.400. The maximum atomic E-state index is 13.3. The fourth-order valence-electron chi connectivity index (χ4n) is 1.19. The molecule has 0 radical (unpaired) electrons. The molecule has 3 heteroatoms. The van der Waals surface area contributed by atoms with Crippen LogP contribution in [0, 0.1) is 12.7 Å². The summed E-state index contributed by atoms with van der Waals surface area (Å²) in [5.41, 5.74) is -0.436. The van der Waals surface area contributed by atoms with Gasteiger partial charge in [-0.05, 0) is 32.4 Å². The summed E-state index contributed by atoms with van der Waals surface area (Å²) in [7, 11) is 0. The van der Waals surface area contributed by atoms with E-state index in [1.165, 1.54) is 26.0 Å². The third kappa shape index (κ3) is 1.98. The molecule has 13 heavy (non-hydrogen) atoms. The van der Waals surface area contributed by atoms with Gasteiger partial charge >= 0.3 is 0 Å². The first kappa shape index (κ1) is 9.99. The second-order valence-corrected chi connectivity index (χ2v) is 3.70. The Morgan fingerprint density at radius 1 is 1.31 bits per heavy atom. The zero-order chi connectivity index (χ0) is 10.2. The van der Waals surface area contributed by atoms with Gasteiger partial charge in [0.15, 0.2) is 11.6 Å². The molecule has 0 spiro atoms. The molecule has 0 bridgehead atoms. The Balaban J connectivity index is 3.37. The van der Waals surface area contributed by atoms with E-state index in [-0.39, 0.29) is 5.56 Å². The van der Waals surface area contributed by atoms with Crippen LogP contribution in [0.4, 0.5) is 4.39 Å². The summed E-state index contributed by atoms with van der Waals surface area (Å²) in [5, 5.41) is 18.7. The van der Waals surface area contributed by atoms with Crippen molar-refractivity contribution >= 4 is 0 Å². The number of benzene rings is 1. The summed E-state index contributed by atoms with van der Waals surface area (Å²) in [5.74, 6) is -1.17. The van der Waals surface area contributed by atoms with Gasteiger partial charge in [0, 0.05) is 5.56 Å². The summed E-state index contributed by atoms with van der Waals surface area (Å²) in [6.07, 6.45) is 0. The van der Waals surface area contributed by atoms with Gasteiger partial charge in [-0.15, -0.1) is 0 Å². The minimum absolute atomic E-state index is 0.116. The molecule has 0 aliphatic heterocycles. The molecule has 0 heterocycles. The van der Waals surface area contributed by atoms with Gasteiger partial charge in [0.2, 0.25) is 0 Å². The van der Waals surface area contributed by atoms with E-state index in [1.807, 2.05) is 0 Å². The number of hydrogen-bond acceptors (Lipinski definition) is 2. The first-order valence-electron chi connectivity index (χ1n) is 4.04. The summed E-state index contributed by atoms with van der Waals surface area (Å²) in [4.78, 5) is 0. The van der Waals surface area contributed by atoms with Crippen molar-refractivity contribution in [2.24, 2.45) is 0 Å². The molecule has 0 unspecified atom stereocenters. The van der Waals surface area contributed by atoms with Crippen molar-refractivity contribution in [1.29, 1.82) is 0 Å². The van der Waals surface area contributed by atoms with Crippen molar-refractivity contribution in [1.82, 2.24) is 0 Å². The Hall–Kier alpha value is -1.09. The molecule has 72 valence electrons. The maximum absolute atomic E-state index is 13.3. The van der Waals surface area contributed by atoms with E-state index >= 15 is 0 Å². The van der Waals surface area contributed by atoms with E-state index in [1.54, 1.807) is 6.92 Å². The lowest BCUT2D eigenvalue weighted by Gasteiger charge is -2.19. The molecule has 0 atom stereocenters. The molecule has 2 N–H and O–H groups in total. The zero-order valence-electron chi connectivity index (χ0n) is 7.93. The molecule has 0 saturated carbocycles. The van der Waals surface area contributed by atoms with Gasteiger partial charge in [0.1, 0.15) is 0 Å². The van der Waals surface area contributed by atoms with Crippen molar-refractivity contribution in [3.8, 4) is 5.75 Å². The normalized spacial score (nSPS) is 11.8. The number of rotatable bonds is 1. The Kier molecular flexibility index (Phi) is 2.30. The molecular weight excluding hydrogens is 171 g/mol. The highest BCUT2D eigenvalue weighted by molar-refractivity contribution is 5.37. The number of aromatic hydroxyl groups is 1. The van der Waals surface area contributed by atoms with Gasteiger partial charge in [0.05, 0.1) is 5.60 Å². The van der Waals surface area contributed by atoms with Crippen molar-refractivity contribution < 1.29 is 14.6 Å². The monoisotopic (exact) mass is 184 g/mol. The molecule has 1 rings (SSSR count). The Bertz CT molecular complexity index is 326. The molecular formula is C10H13FO2. The van der Waals surface area contributed by atoms with Gasteiger partial charge in [-0.25, -0.2) is 4.39 Å². The highest BCUT2D eigenvalue weighted by Crippen LogP contribution is 2.29.